The molecule has 2 saturated heterocycles. The van der Waals surface area contributed by atoms with Crippen LogP contribution in [-0.2, 0) is 21.1 Å². The summed E-state index contributed by atoms with van der Waals surface area (Å²) in [6, 6.07) is 5.17. The molecule has 2 aliphatic heterocycles. The second-order valence-corrected chi connectivity index (χ2v) is 11.3. The first-order chi connectivity index (χ1) is 16.0. The van der Waals surface area contributed by atoms with Gasteiger partial charge in [0.05, 0.1) is 10.6 Å². The van der Waals surface area contributed by atoms with Crippen LogP contribution in [0.2, 0.25) is 0 Å². The van der Waals surface area contributed by atoms with E-state index in [9.17, 15) is 30.8 Å². The molecule has 10 heteroatoms. The van der Waals surface area contributed by atoms with Gasteiger partial charge in [0, 0.05) is 30.6 Å². The minimum Gasteiger partial charge on any atom is -0.337 e. The van der Waals surface area contributed by atoms with E-state index in [2.05, 4.69) is 0 Å². The molecule has 1 unspecified atom stereocenters. The zero-order chi connectivity index (χ0) is 24.6. The molecule has 2 aromatic carbocycles. The quantitative estimate of drug-likeness (QED) is 0.358. The lowest BCUT2D eigenvalue weighted by molar-refractivity contribution is -0.136. The molecule has 2 heterocycles. The van der Waals surface area contributed by atoms with E-state index < -0.39 is 39.1 Å². The molecule has 2 bridgehead atoms. The van der Waals surface area contributed by atoms with Crippen LogP contribution in [0.3, 0.4) is 0 Å². The number of hydrogen-bond donors (Lipinski definition) is 1. The summed E-state index contributed by atoms with van der Waals surface area (Å²) in [5, 5.41) is 0. The van der Waals surface area contributed by atoms with Gasteiger partial charge in [-0.3, -0.25) is 4.79 Å². The molecule has 1 amide bonds. The standard InChI is InChI=1S/C24H26F4N2O3S/c25-16-1-5-19(6-2-16)34(32,33)8-7-24(31)30-17-3-4-18(30)10-15(9-17)23(29)12-14-11-21(27)22(28)13-20(14)26/h1-2,5-6,11,13,15,17-18,23H,3-4,7-10,12,29H2/t15?,17-,18+,23-/m1/s1. The third-order valence-corrected chi connectivity index (χ3v) is 8.70. The van der Waals surface area contributed by atoms with Gasteiger partial charge in [0.2, 0.25) is 5.91 Å². The zero-order valence-electron chi connectivity index (χ0n) is 18.4. The van der Waals surface area contributed by atoms with Crippen LogP contribution in [0.15, 0.2) is 41.3 Å². The number of nitrogens with two attached hydrogens (primary N) is 1. The first kappa shape index (κ1) is 24.7. The number of amides is 1. The van der Waals surface area contributed by atoms with Gasteiger partial charge < -0.3 is 10.6 Å². The van der Waals surface area contributed by atoms with Crippen molar-refractivity contribution < 1.29 is 30.8 Å². The molecule has 0 aromatic heterocycles. The molecule has 2 N–H and O–H groups in total. The van der Waals surface area contributed by atoms with E-state index >= 15 is 0 Å². The summed E-state index contributed by atoms with van der Waals surface area (Å²) in [7, 11) is -3.72. The van der Waals surface area contributed by atoms with Crippen LogP contribution in [0.5, 0.6) is 0 Å². The predicted octanol–water partition coefficient (Wildman–Crippen LogP) is 3.75. The lowest BCUT2D eigenvalue weighted by atomic mass is 9.82. The largest absolute Gasteiger partial charge is 0.337 e. The van der Waals surface area contributed by atoms with E-state index in [1.54, 1.807) is 4.90 Å². The number of carbonyl (C=O) groups excluding carboxylic acids is 1. The summed E-state index contributed by atoms with van der Waals surface area (Å²) in [6.45, 7) is 0. The second-order valence-electron chi connectivity index (χ2n) is 9.17. The Morgan fingerprint density at radius 1 is 0.971 bits per heavy atom. The molecule has 2 aromatic rings. The first-order valence-corrected chi connectivity index (χ1v) is 12.9. The van der Waals surface area contributed by atoms with Gasteiger partial charge in [-0.15, -0.1) is 0 Å². The molecule has 0 spiro atoms. The van der Waals surface area contributed by atoms with Gasteiger partial charge in [0.1, 0.15) is 11.6 Å². The molecular weight excluding hydrogens is 472 g/mol. The minimum absolute atomic E-state index is 0.0169. The van der Waals surface area contributed by atoms with Crippen molar-refractivity contribution >= 4 is 15.7 Å². The average Bonchev–Trinajstić information content (AvgIpc) is 3.05. The van der Waals surface area contributed by atoms with Crippen LogP contribution >= 0.6 is 0 Å². The number of rotatable bonds is 7. The van der Waals surface area contributed by atoms with Crippen LogP contribution in [-0.4, -0.2) is 43.1 Å². The van der Waals surface area contributed by atoms with Gasteiger partial charge in [-0.05, 0) is 73.9 Å². The normalized spacial score (nSPS) is 23.2. The maximum atomic E-state index is 14.0. The van der Waals surface area contributed by atoms with E-state index in [0.29, 0.717) is 18.9 Å². The molecular formula is C24H26F4N2O3S. The fourth-order valence-electron chi connectivity index (χ4n) is 5.23. The van der Waals surface area contributed by atoms with Crippen LogP contribution < -0.4 is 5.73 Å². The highest BCUT2D eigenvalue weighted by Gasteiger charge is 2.44. The Bertz CT molecular complexity index is 1160. The number of hydrogen-bond acceptors (Lipinski definition) is 4. The summed E-state index contributed by atoms with van der Waals surface area (Å²) in [5.41, 5.74) is 6.33. The molecule has 0 radical (unpaired) electrons. The topological polar surface area (TPSA) is 80.5 Å². The van der Waals surface area contributed by atoms with Crippen molar-refractivity contribution in [1.82, 2.24) is 4.90 Å². The van der Waals surface area contributed by atoms with Gasteiger partial charge in [0.25, 0.3) is 0 Å². The second kappa shape index (κ2) is 9.65. The Morgan fingerprint density at radius 3 is 2.18 bits per heavy atom. The molecule has 0 saturated carbocycles. The van der Waals surface area contributed by atoms with E-state index in [-0.39, 0.29) is 53.0 Å². The van der Waals surface area contributed by atoms with Crippen molar-refractivity contribution in [2.75, 3.05) is 5.75 Å². The van der Waals surface area contributed by atoms with Crippen LogP contribution in [0.25, 0.3) is 0 Å². The molecule has 0 aliphatic carbocycles. The number of halogens is 4. The van der Waals surface area contributed by atoms with E-state index in [1.165, 1.54) is 12.1 Å². The molecule has 2 fully saturated rings. The fraction of sp³-hybridized carbons (Fsp3) is 0.458. The van der Waals surface area contributed by atoms with Crippen LogP contribution in [0.4, 0.5) is 17.6 Å². The number of benzene rings is 2. The maximum absolute atomic E-state index is 14.0. The molecule has 5 nitrogen and oxygen atoms in total. The van der Waals surface area contributed by atoms with Gasteiger partial charge in [-0.1, -0.05) is 0 Å². The molecule has 184 valence electrons. The number of carbonyl (C=O) groups is 1. The van der Waals surface area contributed by atoms with E-state index in [1.807, 2.05) is 0 Å². The van der Waals surface area contributed by atoms with Crippen molar-refractivity contribution in [2.24, 2.45) is 11.7 Å². The Morgan fingerprint density at radius 2 is 1.56 bits per heavy atom. The molecule has 4 atom stereocenters. The Balaban J connectivity index is 1.36. The van der Waals surface area contributed by atoms with Gasteiger partial charge in [-0.2, -0.15) is 0 Å². The SMILES string of the molecule is N[C@H](Cc1cc(F)c(F)cc1F)C1C[C@H]2CC[C@@H](C1)N2C(=O)CCS(=O)(=O)c1ccc(F)cc1. The van der Waals surface area contributed by atoms with E-state index in [0.717, 1.165) is 31.0 Å². The Hall–Kier alpha value is -2.46. The Labute approximate surface area is 195 Å². The number of sulfone groups is 1. The number of fused-ring (bicyclic) bond motifs is 2. The van der Waals surface area contributed by atoms with Crippen molar-refractivity contribution in [1.29, 1.82) is 0 Å². The summed E-state index contributed by atoms with van der Waals surface area (Å²) < 4.78 is 78.8. The molecule has 34 heavy (non-hydrogen) atoms. The van der Waals surface area contributed by atoms with E-state index in [4.69, 9.17) is 5.73 Å². The highest BCUT2D eigenvalue weighted by molar-refractivity contribution is 7.91. The van der Waals surface area contributed by atoms with Gasteiger partial charge >= 0.3 is 0 Å². The summed E-state index contributed by atoms with van der Waals surface area (Å²) in [6.07, 6.45) is 2.58. The molecule has 4 rings (SSSR count). The zero-order valence-corrected chi connectivity index (χ0v) is 19.2. The van der Waals surface area contributed by atoms with Gasteiger partial charge in [-0.25, -0.2) is 26.0 Å². The smallest absolute Gasteiger partial charge is 0.224 e. The monoisotopic (exact) mass is 498 g/mol. The average molecular weight is 499 g/mol. The Kier molecular flexibility index (Phi) is 7.00. The van der Waals surface area contributed by atoms with Gasteiger partial charge in [0.15, 0.2) is 21.5 Å². The number of nitrogens with zero attached hydrogens (tertiary/aromatic N) is 1. The predicted molar refractivity (Wildman–Crippen MR) is 117 cm³/mol. The van der Waals surface area contributed by atoms with Crippen LogP contribution in [0, 0.1) is 29.2 Å². The maximum Gasteiger partial charge on any atom is 0.224 e. The van der Waals surface area contributed by atoms with Crippen LogP contribution in [0.1, 0.15) is 37.7 Å². The summed E-state index contributed by atoms with van der Waals surface area (Å²) in [4.78, 5) is 14.6. The third-order valence-electron chi connectivity index (χ3n) is 6.97. The van der Waals surface area contributed by atoms with Crippen molar-refractivity contribution in [3.63, 3.8) is 0 Å². The summed E-state index contributed by atoms with van der Waals surface area (Å²) >= 11 is 0. The minimum atomic E-state index is -3.72. The fourth-order valence-corrected chi connectivity index (χ4v) is 6.46. The highest BCUT2D eigenvalue weighted by atomic mass is 32.2. The highest BCUT2D eigenvalue weighted by Crippen LogP contribution is 2.40. The van der Waals surface area contributed by atoms with Crippen molar-refractivity contribution in [3.05, 3.63) is 65.2 Å². The van der Waals surface area contributed by atoms with Crippen molar-refractivity contribution in [2.45, 2.75) is 61.5 Å². The number of piperidine rings is 1. The van der Waals surface area contributed by atoms with Crippen molar-refractivity contribution in [3.8, 4) is 0 Å². The lowest BCUT2D eigenvalue weighted by Crippen LogP contribution is -2.50. The molecule has 2 aliphatic rings. The first-order valence-electron chi connectivity index (χ1n) is 11.2. The summed E-state index contributed by atoms with van der Waals surface area (Å²) in [5.74, 6) is -4.41. The third kappa shape index (κ3) is 5.12. The lowest BCUT2D eigenvalue weighted by Gasteiger charge is -2.41.